The normalized spacial score (nSPS) is 11.4. The topological polar surface area (TPSA) is 35.0 Å². The van der Waals surface area contributed by atoms with E-state index in [4.69, 9.17) is 4.74 Å². The van der Waals surface area contributed by atoms with Crippen LogP contribution in [0.1, 0.15) is 18.1 Å². The van der Waals surface area contributed by atoms with Crippen molar-refractivity contribution in [2.24, 2.45) is 0 Å². The largest absolute Gasteiger partial charge is 0.424 e. The first kappa shape index (κ1) is 13.3. The lowest BCUT2D eigenvalue weighted by Crippen LogP contribution is -2.06. The highest BCUT2D eigenvalue weighted by Crippen LogP contribution is 2.28. The predicted octanol–water partition coefficient (Wildman–Crippen LogP) is 3.85. The Hall–Kier alpha value is -2.11. The van der Waals surface area contributed by atoms with Crippen LogP contribution in [0, 0.1) is 0 Å². The highest BCUT2D eigenvalue weighted by atomic mass is 19.4. The minimum Gasteiger partial charge on any atom is -0.424 e. The molecule has 3 nitrogen and oxygen atoms in total. The van der Waals surface area contributed by atoms with Gasteiger partial charge < -0.3 is 4.74 Å². The van der Waals surface area contributed by atoms with Crippen LogP contribution in [-0.4, -0.2) is 9.97 Å². The number of hydrogen-bond acceptors (Lipinski definition) is 3. The predicted molar refractivity (Wildman–Crippen MR) is 62.9 cm³/mol. The molecule has 0 aliphatic heterocycles. The van der Waals surface area contributed by atoms with Crippen LogP contribution in [0.3, 0.4) is 0 Å². The monoisotopic (exact) mass is 268 g/mol. The molecule has 0 fully saturated rings. The molecule has 2 aromatic rings. The van der Waals surface area contributed by atoms with E-state index in [2.05, 4.69) is 9.97 Å². The Balaban J connectivity index is 2.10. The third-order valence-electron chi connectivity index (χ3n) is 2.50. The van der Waals surface area contributed by atoms with E-state index in [1.165, 1.54) is 0 Å². The van der Waals surface area contributed by atoms with E-state index in [9.17, 15) is 13.2 Å². The number of nitrogens with zero attached hydrogens (tertiary/aromatic N) is 2. The van der Waals surface area contributed by atoms with E-state index in [-0.39, 0.29) is 6.01 Å². The van der Waals surface area contributed by atoms with Crippen LogP contribution in [0.2, 0.25) is 0 Å². The minimum absolute atomic E-state index is 0.114. The van der Waals surface area contributed by atoms with Gasteiger partial charge >= 0.3 is 12.2 Å². The Kier molecular flexibility index (Phi) is 3.69. The first-order valence-electron chi connectivity index (χ1n) is 5.65. The number of ether oxygens (including phenoxy) is 1. The van der Waals surface area contributed by atoms with Gasteiger partial charge in [-0.25, -0.2) is 9.97 Å². The van der Waals surface area contributed by atoms with E-state index in [0.717, 1.165) is 12.0 Å². The number of aromatic nitrogens is 2. The quantitative estimate of drug-likeness (QED) is 0.848. The molecule has 0 saturated carbocycles. The van der Waals surface area contributed by atoms with Gasteiger partial charge in [0.15, 0.2) is 0 Å². The van der Waals surface area contributed by atoms with Gasteiger partial charge in [-0.2, -0.15) is 13.2 Å². The smallest absolute Gasteiger partial charge is 0.419 e. The average Bonchev–Trinajstić information content (AvgIpc) is 2.39. The summed E-state index contributed by atoms with van der Waals surface area (Å²) >= 11 is 0. The zero-order valence-electron chi connectivity index (χ0n) is 10.1. The highest BCUT2D eigenvalue weighted by Gasteiger charge is 2.31. The van der Waals surface area contributed by atoms with Gasteiger partial charge in [-0.15, -0.1) is 0 Å². The molecule has 0 aliphatic carbocycles. The Morgan fingerprint density at radius 1 is 1.05 bits per heavy atom. The van der Waals surface area contributed by atoms with Crippen LogP contribution in [0.25, 0.3) is 0 Å². The Morgan fingerprint density at radius 3 is 2.11 bits per heavy atom. The molecule has 1 aromatic carbocycles. The number of aryl methyl sites for hydroxylation is 1. The van der Waals surface area contributed by atoms with Gasteiger partial charge in [0, 0.05) is 12.4 Å². The molecule has 0 saturated heterocycles. The summed E-state index contributed by atoms with van der Waals surface area (Å²) in [4.78, 5) is 7.06. The summed E-state index contributed by atoms with van der Waals surface area (Å²) in [5, 5.41) is 0. The maximum Gasteiger partial charge on any atom is 0.419 e. The summed E-state index contributed by atoms with van der Waals surface area (Å²) in [5.41, 5.74) is 0.238. The van der Waals surface area contributed by atoms with E-state index < -0.39 is 11.7 Å². The second-order valence-electron chi connectivity index (χ2n) is 3.85. The molecule has 1 heterocycles. The van der Waals surface area contributed by atoms with Crippen molar-refractivity contribution in [2.75, 3.05) is 0 Å². The first-order valence-corrected chi connectivity index (χ1v) is 5.65. The van der Waals surface area contributed by atoms with Crippen molar-refractivity contribution in [3.05, 3.63) is 47.8 Å². The van der Waals surface area contributed by atoms with Crippen LogP contribution >= 0.6 is 0 Å². The Labute approximate surface area is 108 Å². The zero-order chi connectivity index (χ0) is 13.9. The lowest BCUT2D eigenvalue weighted by atomic mass is 10.2. The van der Waals surface area contributed by atoms with Gasteiger partial charge in [0.25, 0.3) is 0 Å². The van der Waals surface area contributed by atoms with Gasteiger partial charge in [-0.3, -0.25) is 0 Å². The van der Waals surface area contributed by atoms with Crippen molar-refractivity contribution in [3.8, 4) is 11.8 Å². The van der Waals surface area contributed by atoms with Gasteiger partial charge in [0.2, 0.25) is 0 Å². The van der Waals surface area contributed by atoms with E-state index >= 15 is 0 Å². The number of benzene rings is 1. The second kappa shape index (κ2) is 5.26. The Bertz CT molecular complexity index is 535. The van der Waals surface area contributed by atoms with Crippen molar-refractivity contribution >= 4 is 0 Å². The van der Waals surface area contributed by atoms with Gasteiger partial charge in [0.1, 0.15) is 5.75 Å². The molecule has 6 heteroatoms. The van der Waals surface area contributed by atoms with Crippen molar-refractivity contribution in [3.63, 3.8) is 0 Å². The van der Waals surface area contributed by atoms with E-state index in [1.807, 2.05) is 19.1 Å². The lowest BCUT2D eigenvalue weighted by molar-refractivity contribution is -0.138. The third kappa shape index (κ3) is 3.43. The van der Waals surface area contributed by atoms with Gasteiger partial charge in [-0.05, 0) is 24.1 Å². The van der Waals surface area contributed by atoms with Crippen molar-refractivity contribution < 1.29 is 17.9 Å². The number of rotatable bonds is 3. The summed E-state index contributed by atoms with van der Waals surface area (Å²) in [5.74, 6) is 0.483. The van der Waals surface area contributed by atoms with Crippen molar-refractivity contribution in [1.82, 2.24) is 9.97 Å². The summed E-state index contributed by atoms with van der Waals surface area (Å²) in [6.45, 7) is 2.02. The van der Waals surface area contributed by atoms with Crippen LogP contribution in [0.5, 0.6) is 11.8 Å². The molecule has 1 aromatic heterocycles. The number of hydrogen-bond donors (Lipinski definition) is 0. The van der Waals surface area contributed by atoms with Crippen LogP contribution < -0.4 is 4.74 Å². The van der Waals surface area contributed by atoms with E-state index in [0.29, 0.717) is 18.1 Å². The molecule has 0 atom stereocenters. The maximum atomic E-state index is 12.3. The van der Waals surface area contributed by atoms with Crippen LogP contribution in [-0.2, 0) is 12.6 Å². The van der Waals surface area contributed by atoms with Crippen molar-refractivity contribution in [2.45, 2.75) is 19.5 Å². The summed E-state index contributed by atoms with van der Waals surface area (Å²) < 4.78 is 42.2. The maximum absolute atomic E-state index is 12.3. The standard InChI is InChI=1S/C13H11F3N2O/c1-2-9-3-5-11(6-4-9)19-12-17-7-10(8-18-12)13(14,15)16/h3-8H,2H2,1H3. The summed E-state index contributed by atoms with van der Waals surface area (Å²) in [6, 6.07) is 7.08. The molecule has 0 radical (unpaired) electrons. The zero-order valence-corrected chi connectivity index (χ0v) is 10.1. The fourth-order valence-electron chi connectivity index (χ4n) is 1.41. The molecule has 0 N–H and O–H groups in total. The molecule has 0 bridgehead atoms. The first-order chi connectivity index (χ1) is 8.99. The minimum atomic E-state index is -4.44. The van der Waals surface area contributed by atoms with Gasteiger partial charge in [0.05, 0.1) is 5.56 Å². The number of halogens is 3. The molecular formula is C13H11F3N2O. The van der Waals surface area contributed by atoms with Crippen LogP contribution in [0.15, 0.2) is 36.7 Å². The summed E-state index contributed by atoms with van der Waals surface area (Å²) in [7, 11) is 0. The molecule has 2 rings (SSSR count). The molecule has 100 valence electrons. The van der Waals surface area contributed by atoms with E-state index in [1.54, 1.807) is 12.1 Å². The SMILES string of the molecule is CCc1ccc(Oc2ncc(C(F)(F)F)cn2)cc1. The second-order valence-corrected chi connectivity index (χ2v) is 3.85. The Morgan fingerprint density at radius 2 is 1.63 bits per heavy atom. The highest BCUT2D eigenvalue weighted by molar-refractivity contribution is 5.29. The fourth-order valence-corrected chi connectivity index (χ4v) is 1.41. The molecule has 0 spiro atoms. The van der Waals surface area contributed by atoms with Crippen molar-refractivity contribution in [1.29, 1.82) is 0 Å². The molecule has 19 heavy (non-hydrogen) atoms. The lowest BCUT2D eigenvalue weighted by Gasteiger charge is -2.07. The molecule has 0 aliphatic rings. The fraction of sp³-hybridized carbons (Fsp3) is 0.231. The van der Waals surface area contributed by atoms with Crippen LogP contribution in [0.4, 0.5) is 13.2 Å². The third-order valence-corrected chi connectivity index (χ3v) is 2.50. The molecule has 0 amide bonds. The summed E-state index contributed by atoms with van der Waals surface area (Å²) in [6.07, 6.45) is -2.15. The molecular weight excluding hydrogens is 257 g/mol. The average molecular weight is 268 g/mol. The van der Waals surface area contributed by atoms with Gasteiger partial charge in [-0.1, -0.05) is 19.1 Å². The number of alkyl halides is 3. The molecule has 0 unspecified atom stereocenters.